The number of nitrogens with one attached hydrogen (secondary N) is 1. The Hall–Kier alpha value is -2.38. The number of carboxylic acids is 1. The van der Waals surface area contributed by atoms with E-state index in [2.05, 4.69) is 10.5 Å². The van der Waals surface area contributed by atoms with Crippen molar-refractivity contribution < 1.29 is 24.0 Å². The van der Waals surface area contributed by atoms with Crippen molar-refractivity contribution in [1.82, 2.24) is 15.4 Å². The molecule has 8 nitrogen and oxygen atoms in total. The van der Waals surface area contributed by atoms with Crippen LogP contribution in [-0.2, 0) is 9.59 Å². The molecule has 8 heteroatoms. The van der Waals surface area contributed by atoms with Gasteiger partial charge in [0.25, 0.3) is 5.91 Å². The van der Waals surface area contributed by atoms with E-state index in [4.69, 9.17) is 9.63 Å². The molecule has 1 aromatic rings. The lowest BCUT2D eigenvalue weighted by molar-refractivity contribution is -0.144. The Bertz CT molecular complexity index is 509. The Morgan fingerprint density at radius 3 is 2.89 bits per heavy atom. The maximum atomic E-state index is 12.1. The predicted octanol–water partition coefficient (Wildman–Crippen LogP) is -0.992. The van der Waals surface area contributed by atoms with E-state index in [-0.39, 0.29) is 24.4 Å². The first kappa shape index (κ1) is 12.1. The minimum atomic E-state index is -1.17. The molecule has 0 bridgehead atoms. The number of piperazine rings is 1. The number of hydrogen-bond donors (Lipinski definition) is 2. The summed E-state index contributed by atoms with van der Waals surface area (Å²) in [4.78, 5) is 35.4. The Kier molecular flexibility index (Phi) is 3.00. The van der Waals surface area contributed by atoms with Crippen molar-refractivity contribution >= 4 is 17.8 Å². The largest absolute Gasteiger partial charge is 0.480 e. The van der Waals surface area contributed by atoms with Crippen LogP contribution in [-0.4, -0.2) is 52.1 Å². The fraction of sp³-hybridized carbons (Fsp3) is 0.400. The highest BCUT2D eigenvalue weighted by molar-refractivity contribution is 6.00. The first-order valence-electron chi connectivity index (χ1n) is 5.22. The average Bonchev–Trinajstić information content (AvgIpc) is 2.74. The van der Waals surface area contributed by atoms with Crippen molar-refractivity contribution in [2.45, 2.75) is 13.0 Å². The number of carbonyl (C=O) groups is 3. The highest BCUT2D eigenvalue weighted by atomic mass is 16.5. The molecule has 1 aliphatic heterocycles. The Labute approximate surface area is 102 Å². The van der Waals surface area contributed by atoms with Crippen molar-refractivity contribution in [1.29, 1.82) is 0 Å². The summed E-state index contributed by atoms with van der Waals surface area (Å²) in [5.41, 5.74) is 0.163. The van der Waals surface area contributed by atoms with Crippen molar-refractivity contribution in [3.63, 3.8) is 0 Å². The van der Waals surface area contributed by atoms with Gasteiger partial charge in [-0.1, -0.05) is 5.16 Å². The maximum absolute atomic E-state index is 12.1. The Balaban J connectivity index is 2.28. The Morgan fingerprint density at radius 2 is 2.33 bits per heavy atom. The molecule has 1 saturated heterocycles. The van der Waals surface area contributed by atoms with Crippen molar-refractivity contribution in [3.8, 4) is 0 Å². The summed E-state index contributed by atoms with van der Waals surface area (Å²) in [5.74, 6) is -1.85. The lowest BCUT2D eigenvalue weighted by Crippen LogP contribution is -2.59. The number of amides is 2. The van der Waals surface area contributed by atoms with Gasteiger partial charge in [-0.15, -0.1) is 0 Å². The van der Waals surface area contributed by atoms with Gasteiger partial charge in [-0.3, -0.25) is 9.59 Å². The Morgan fingerprint density at radius 1 is 1.61 bits per heavy atom. The average molecular weight is 253 g/mol. The summed E-state index contributed by atoms with van der Waals surface area (Å²) < 4.78 is 4.75. The SMILES string of the molecule is Cc1oncc1C(=O)N1CC(=O)NCC1C(=O)O. The molecule has 1 aliphatic rings. The summed E-state index contributed by atoms with van der Waals surface area (Å²) in [5, 5.41) is 14.9. The standard InChI is InChI=1S/C10H11N3O5/c1-5-6(2-12-18-5)9(15)13-4-8(14)11-3-7(13)10(16)17/h2,7H,3-4H2,1H3,(H,11,14)(H,16,17). The molecule has 1 fully saturated rings. The van der Waals surface area contributed by atoms with Crippen molar-refractivity contribution in [3.05, 3.63) is 17.5 Å². The van der Waals surface area contributed by atoms with Gasteiger partial charge in [-0.25, -0.2) is 4.79 Å². The van der Waals surface area contributed by atoms with Crippen LogP contribution in [0, 0.1) is 6.92 Å². The third-order valence-electron chi connectivity index (χ3n) is 2.71. The number of nitrogens with zero attached hydrogens (tertiary/aromatic N) is 2. The summed E-state index contributed by atoms with van der Waals surface area (Å²) in [7, 11) is 0. The fourth-order valence-electron chi connectivity index (χ4n) is 1.73. The number of rotatable bonds is 2. The number of carboxylic acid groups (broad SMARTS) is 1. The summed E-state index contributed by atoms with van der Waals surface area (Å²) in [6.07, 6.45) is 1.21. The molecule has 0 spiro atoms. The fourth-order valence-corrected chi connectivity index (χ4v) is 1.73. The third-order valence-corrected chi connectivity index (χ3v) is 2.71. The van der Waals surface area contributed by atoms with E-state index in [1.807, 2.05) is 0 Å². The second-order valence-electron chi connectivity index (χ2n) is 3.89. The minimum Gasteiger partial charge on any atom is -0.480 e. The zero-order valence-electron chi connectivity index (χ0n) is 9.54. The van der Waals surface area contributed by atoms with E-state index in [0.717, 1.165) is 4.90 Å². The van der Waals surface area contributed by atoms with E-state index < -0.39 is 23.8 Å². The number of carbonyl (C=O) groups excluding carboxylic acids is 2. The summed E-state index contributed by atoms with van der Waals surface area (Å²) in [6.45, 7) is 1.14. The lowest BCUT2D eigenvalue weighted by atomic mass is 10.1. The van der Waals surface area contributed by atoms with Gasteiger partial charge in [-0.2, -0.15) is 0 Å². The molecular weight excluding hydrogens is 242 g/mol. The molecule has 96 valence electrons. The van der Waals surface area contributed by atoms with Crippen molar-refractivity contribution in [2.24, 2.45) is 0 Å². The van der Waals surface area contributed by atoms with Crippen LogP contribution in [0.3, 0.4) is 0 Å². The molecule has 2 N–H and O–H groups in total. The van der Waals surface area contributed by atoms with Gasteiger partial charge in [-0.05, 0) is 6.92 Å². The van der Waals surface area contributed by atoms with Gasteiger partial charge in [0, 0.05) is 6.54 Å². The van der Waals surface area contributed by atoms with Crippen LogP contribution in [0.5, 0.6) is 0 Å². The highest BCUT2D eigenvalue weighted by Gasteiger charge is 2.36. The van der Waals surface area contributed by atoms with E-state index in [9.17, 15) is 14.4 Å². The molecule has 0 aromatic carbocycles. The predicted molar refractivity (Wildman–Crippen MR) is 56.7 cm³/mol. The van der Waals surface area contributed by atoms with Gasteiger partial charge in [0.1, 0.15) is 23.9 Å². The molecule has 1 unspecified atom stereocenters. The third kappa shape index (κ3) is 2.04. The molecule has 0 aliphatic carbocycles. The molecule has 1 aromatic heterocycles. The second kappa shape index (κ2) is 4.47. The summed E-state index contributed by atoms with van der Waals surface area (Å²) >= 11 is 0. The van der Waals surface area contributed by atoms with E-state index in [1.165, 1.54) is 6.20 Å². The first-order chi connectivity index (χ1) is 8.50. The van der Waals surface area contributed by atoms with Crippen LogP contribution in [0.25, 0.3) is 0 Å². The summed E-state index contributed by atoms with van der Waals surface area (Å²) in [6, 6.07) is -1.08. The van der Waals surface area contributed by atoms with Gasteiger partial charge < -0.3 is 19.8 Å². The van der Waals surface area contributed by atoms with Crippen LogP contribution >= 0.6 is 0 Å². The van der Waals surface area contributed by atoms with Gasteiger partial charge in [0.2, 0.25) is 5.91 Å². The zero-order chi connectivity index (χ0) is 13.3. The molecule has 1 atom stereocenters. The van der Waals surface area contributed by atoms with E-state index in [1.54, 1.807) is 6.92 Å². The molecule has 2 rings (SSSR count). The van der Waals surface area contributed by atoms with Crippen LogP contribution < -0.4 is 5.32 Å². The zero-order valence-corrected chi connectivity index (χ0v) is 9.54. The van der Waals surface area contributed by atoms with Gasteiger partial charge >= 0.3 is 5.97 Å². The van der Waals surface area contributed by atoms with Gasteiger partial charge in [0.15, 0.2) is 0 Å². The topological polar surface area (TPSA) is 113 Å². The molecule has 2 heterocycles. The van der Waals surface area contributed by atoms with Crippen LogP contribution in [0.15, 0.2) is 10.7 Å². The van der Waals surface area contributed by atoms with Crippen molar-refractivity contribution in [2.75, 3.05) is 13.1 Å². The number of hydrogen-bond acceptors (Lipinski definition) is 5. The number of aryl methyl sites for hydroxylation is 1. The number of aliphatic carboxylic acids is 1. The van der Waals surface area contributed by atoms with Gasteiger partial charge in [0.05, 0.1) is 6.20 Å². The first-order valence-corrected chi connectivity index (χ1v) is 5.22. The maximum Gasteiger partial charge on any atom is 0.328 e. The molecular formula is C10H11N3O5. The van der Waals surface area contributed by atoms with E-state index >= 15 is 0 Å². The smallest absolute Gasteiger partial charge is 0.328 e. The lowest BCUT2D eigenvalue weighted by Gasteiger charge is -2.32. The molecule has 0 saturated carbocycles. The monoisotopic (exact) mass is 253 g/mol. The second-order valence-corrected chi connectivity index (χ2v) is 3.89. The molecule has 2 amide bonds. The molecule has 0 radical (unpaired) electrons. The highest BCUT2D eigenvalue weighted by Crippen LogP contribution is 2.14. The normalized spacial score (nSPS) is 19.5. The van der Waals surface area contributed by atoms with Crippen LogP contribution in [0.1, 0.15) is 16.1 Å². The molecule has 18 heavy (non-hydrogen) atoms. The minimum absolute atomic E-state index is 0.107. The quantitative estimate of drug-likeness (QED) is 0.699. The van der Waals surface area contributed by atoms with Crippen LogP contribution in [0.4, 0.5) is 0 Å². The number of aromatic nitrogens is 1. The van der Waals surface area contributed by atoms with E-state index in [0.29, 0.717) is 0 Å². The van der Waals surface area contributed by atoms with Crippen LogP contribution in [0.2, 0.25) is 0 Å².